The fourth-order valence-electron chi connectivity index (χ4n) is 1.82. The fourth-order valence-corrected chi connectivity index (χ4v) is 3.04. The van der Waals surface area contributed by atoms with Crippen molar-refractivity contribution in [3.63, 3.8) is 0 Å². The summed E-state index contributed by atoms with van der Waals surface area (Å²) in [5.41, 5.74) is 0.996. The lowest BCUT2D eigenvalue weighted by Crippen LogP contribution is -2.40. The maximum Gasteiger partial charge on any atom is 0.233 e. The summed E-state index contributed by atoms with van der Waals surface area (Å²) in [6, 6.07) is 8.15. The molecule has 1 amide bonds. The number of rotatable bonds is 4. The highest BCUT2D eigenvalue weighted by molar-refractivity contribution is 8.01. The molecule has 0 aromatic heterocycles. The van der Waals surface area contributed by atoms with Crippen molar-refractivity contribution in [2.75, 3.05) is 13.2 Å². The van der Waals surface area contributed by atoms with Crippen LogP contribution in [0.15, 0.2) is 29.2 Å². The van der Waals surface area contributed by atoms with Crippen molar-refractivity contribution in [1.29, 1.82) is 0 Å². The monoisotopic (exact) mass is 265 g/mol. The van der Waals surface area contributed by atoms with Crippen molar-refractivity contribution in [3.05, 3.63) is 29.8 Å². The molecular weight excluding hydrogens is 246 g/mol. The van der Waals surface area contributed by atoms with E-state index in [2.05, 4.69) is 17.4 Å². The third-order valence-electron chi connectivity index (χ3n) is 3.11. The first-order chi connectivity index (χ1) is 8.52. The minimum atomic E-state index is -0.258. The largest absolute Gasteiger partial charge is 0.396 e. The van der Waals surface area contributed by atoms with Gasteiger partial charge in [0.2, 0.25) is 5.91 Å². The quantitative estimate of drug-likeness (QED) is 0.873. The van der Waals surface area contributed by atoms with E-state index in [4.69, 9.17) is 5.11 Å². The summed E-state index contributed by atoms with van der Waals surface area (Å²) >= 11 is 1.63. The maximum absolute atomic E-state index is 12.1. The van der Waals surface area contributed by atoms with Crippen LogP contribution >= 0.6 is 11.8 Å². The number of aliphatic hydroxyl groups excluding tert-OH is 1. The molecule has 0 bridgehead atoms. The number of carbonyl (C=O) groups is 1. The molecule has 4 heteroatoms. The first-order valence-corrected chi connectivity index (χ1v) is 7.03. The van der Waals surface area contributed by atoms with Gasteiger partial charge in [0.1, 0.15) is 0 Å². The van der Waals surface area contributed by atoms with Crippen LogP contribution in [-0.2, 0) is 11.2 Å². The molecule has 2 rings (SSSR count). The van der Waals surface area contributed by atoms with Crippen molar-refractivity contribution in [2.45, 2.75) is 30.4 Å². The second-order valence-electron chi connectivity index (χ2n) is 5.46. The summed E-state index contributed by atoms with van der Waals surface area (Å²) in [5.74, 6) is 0.0673. The van der Waals surface area contributed by atoms with Crippen molar-refractivity contribution < 1.29 is 9.90 Å². The van der Waals surface area contributed by atoms with Crippen LogP contribution in [0.4, 0.5) is 0 Å². The van der Waals surface area contributed by atoms with Gasteiger partial charge in [-0.3, -0.25) is 4.79 Å². The predicted molar refractivity (Wildman–Crippen MR) is 73.7 cm³/mol. The first kappa shape index (κ1) is 13.4. The smallest absolute Gasteiger partial charge is 0.233 e. The molecule has 1 heterocycles. The average molecular weight is 265 g/mol. The van der Waals surface area contributed by atoms with Gasteiger partial charge in [0.05, 0.1) is 5.25 Å². The highest BCUT2D eigenvalue weighted by Gasteiger charge is 2.28. The molecule has 3 nitrogen and oxygen atoms in total. The van der Waals surface area contributed by atoms with Crippen molar-refractivity contribution >= 4 is 17.7 Å². The number of thioether (sulfide) groups is 1. The summed E-state index contributed by atoms with van der Waals surface area (Å²) in [6.45, 7) is 4.45. The molecular formula is C14H19NO2S. The van der Waals surface area contributed by atoms with E-state index in [9.17, 15) is 4.79 Å². The van der Waals surface area contributed by atoms with Crippen LogP contribution in [0.25, 0.3) is 0 Å². The van der Waals surface area contributed by atoms with Gasteiger partial charge >= 0.3 is 0 Å². The van der Waals surface area contributed by atoms with Gasteiger partial charge in [-0.25, -0.2) is 0 Å². The van der Waals surface area contributed by atoms with Gasteiger partial charge in [-0.1, -0.05) is 32.0 Å². The summed E-state index contributed by atoms with van der Waals surface area (Å²) < 4.78 is 0. The van der Waals surface area contributed by atoms with Gasteiger partial charge in [0, 0.05) is 23.5 Å². The Labute approximate surface area is 112 Å². The Morgan fingerprint density at radius 2 is 2.22 bits per heavy atom. The van der Waals surface area contributed by atoms with E-state index < -0.39 is 0 Å². The molecule has 0 aliphatic carbocycles. The molecule has 1 atom stereocenters. The molecule has 2 N–H and O–H groups in total. The van der Waals surface area contributed by atoms with Gasteiger partial charge in [-0.05, 0) is 18.1 Å². The van der Waals surface area contributed by atoms with E-state index in [1.807, 2.05) is 26.0 Å². The topological polar surface area (TPSA) is 49.3 Å². The normalized spacial score (nSPS) is 18.5. The predicted octanol–water partition coefficient (Wildman–Crippen LogP) is 1.84. The van der Waals surface area contributed by atoms with E-state index in [-0.39, 0.29) is 23.2 Å². The molecule has 1 aliphatic heterocycles. The number of nitrogens with one attached hydrogen (secondary N) is 1. The van der Waals surface area contributed by atoms with Crippen LogP contribution < -0.4 is 5.32 Å². The van der Waals surface area contributed by atoms with Gasteiger partial charge in [0.15, 0.2) is 0 Å². The lowest BCUT2D eigenvalue weighted by molar-refractivity contribution is -0.121. The lowest BCUT2D eigenvalue weighted by atomic mass is 9.95. The molecule has 1 unspecified atom stereocenters. The van der Waals surface area contributed by atoms with Crippen LogP contribution in [0.3, 0.4) is 0 Å². The Morgan fingerprint density at radius 3 is 2.89 bits per heavy atom. The number of amides is 1. The van der Waals surface area contributed by atoms with Crippen LogP contribution in [0.1, 0.15) is 19.4 Å². The highest BCUT2D eigenvalue weighted by atomic mass is 32.2. The number of benzene rings is 1. The molecule has 1 aromatic rings. The summed E-state index contributed by atoms with van der Waals surface area (Å²) in [5, 5.41) is 12.1. The Bertz CT molecular complexity index is 420. The first-order valence-electron chi connectivity index (χ1n) is 6.15. The second-order valence-corrected chi connectivity index (χ2v) is 6.70. The number of hydrogen-bond acceptors (Lipinski definition) is 3. The van der Waals surface area contributed by atoms with Crippen LogP contribution in [-0.4, -0.2) is 29.4 Å². The van der Waals surface area contributed by atoms with Crippen LogP contribution in [0.2, 0.25) is 0 Å². The van der Waals surface area contributed by atoms with Crippen molar-refractivity contribution in [2.24, 2.45) is 5.41 Å². The Kier molecular flexibility index (Phi) is 3.97. The van der Waals surface area contributed by atoms with E-state index in [1.165, 1.54) is 10.5 Å². The second kappa shape index (κ2) is 5.33. The van der Waals surface area contributed by atoms with Gasteiger partial charge in [0.25, 0.3) is 0 Å². The number of fused-ring (bicyclic) bond motifs is 1. The average Bonchev–Trinajstić information content (AvgIpc) is 2.80. The van der Waals surface area contributed by atoms with E-state index in [0.29, 0.717) is 6.54 Å². The molecule has 0 spiro atoms. The molecule has 1 aliphatic rings. The van der Waals surface area contributed by atoms with E-state index >= 15 is 0 Å². The summed E-state index contributed by atoms with van der Waals surface area (Å²) in [4.78, 5) is 13.3. The number of aliphatic hydroxyl groups is 1. The third-order valence-corrected chi connectivity index (χ3v) is 4.43. The molecule has 0 fully saturated rings. The zero-order valence-corrected chi connectivity index (χ0v) is 11.6. The van der Waals surface area contributed by atoms with Crippen molar-refractivity contribution in [3.8, 4) is 0 Å². The van der Waals surface area contributed by atoms with Crippen molar-refractivity contribution in [1.82, 2.24) is 5.32 Å². The van der Waals surface area contributed by atoms with E-state index in [0.717, 1.165) is 6.42 Å². The molecule has 0 saturated heterocycles. The standard InChI is InChI=1S/C14H19NO2S/c1-14(2,9-16)8-15-13(17)12-7-10-5-3-4-6-11(10)18-12/h3-6,12,16H,7-9H2,1-2H3,(H,15,17). The molecule has 0 saturated carbocycles. The SMILES string of the molecule is CC(C)(CO)CNC(=O)C1Cc2ccccc2S1. The molecule has 18 heavy (non-hydrogen) atoms. The Hall–Kier alpha value is -1.00. The number of hydrogen-bond donors (Lipinski definition) is 2. The molecule has 0 radical (unpaired) electrons. The third kappa shape index (κ3) is 3.06. The lowest BCUT2D eigenvalue weighted by Gasteiger charge is -2.22. The molecule has 98 valence electrons. The Morgan fingerprint density at radius 1 is 1.50 bits per heavy atom. The molecule has 1 aromatic carbocycles. The fraction of sp³-hybridized carbons (Fsp3) is 0.500. The van der Waals surface area contributed by atoms with E-state index in [1.54, 1.807) is 11.8 Å². The Balaban J connectivity index is 1.90. The summed E-state index contributed by atoms with van der Waals surface area (Å²) in [6.07, 6.45) is 0.798. The maximum atomic E-state index is 12.1. The van der Waals surface area contributed by atoms with Gasteiger partial charge in [-0.2, -0.15) is 0 Å². The van der Waals surface area contributed by atoms with Crippen LogP contribution in [0, 0.1) is 5.41 Å². The summed E-state index contributed by atoms with van der Waals surface area (Å²) in [7, 11) is 0. The minimum absolute atomic E-state index is 0.0307. The minimum Gasteiger partial charge on any atom is -0.396 e. The highest BCUT2D eigenvalue weighted by Crippen LogP contribution is 2.36. The zero-order valence-electron chi connectivity index (χ0n) is 10.8. The number of carbonyl (C=O) groups excluding carboxylic acids is 1. The zero-order chi connectivity index (χ0) is 13.2. The van der Waals surface area contributed by atoms with Gasteiger partial charge < -0.3 is 10.4 Å². The van der Waals surface area contributed by atoms with Crippen LogP contribution in [0.5, 0.6) is 0 Å². The van der Waals surface area contributed by atoms with Gasteiger partial charge in [-0.15, -0.1) is 11.8 Å².